The summed E-state index contributed by atoms with van der Waals surface area (Å²) < 4.78 is 31.3. The van der Waals surface area contributed by atoms with Crippen LogP contribution in [-0.4, -0.2) is 6.61 Å². The van der Waals surface area contributed by atoms with Crippen LogP contribution in [0.4, 0.5) is 8.78 Å². The second-order valence-electron chi connectivity index (χ2n) is 4.04. The van der Waals surface area contributed by atoms with Crippen molar-refractivity contribution in [2.45, 2.75) is 6.92 Å². The lowest BCUT2D eigenvalue weighted by Gasteiger charge is -2.02. The molecule has 0 spiro atoms. The van der Waals surface area contributed by atoms with Crippen LogP contribution in [0, 0.1) is 11.6 Å². The number of rotatable bonds is 4. The van der Waals surface area contributed by atoms with Gasteiger partial charge in [0.05, 0.1) is 6.61 Å². The summed E-state index contributed by atoms with van der Waals surface area (Å²) in [6, 6.07) is 10.9. The van der Waals surface area contributed by atoms with Gasteiger partial charge in [-0.1, -0.05) is 24.3 Å². The molecule has 0 saturated heterocycles. The first-order valence-corrected chi connectivity index (χ1v) is 6.04. The van der Waals surface area contributed by atoms with Crippen LogP contribution in [0.2, 0.25) is 0 Å². The van der Waals surface area contributed by atoms with Crippen LogP contribution in [0.25, 0.3) is 12.2 Å². The zero-order chi connectivity index (χ0) is 13.7. The maximum Gasteiger partial charge on any atom is 0.126 e. The van der Waals surface area contributed by atoms with Gasteiger partial charge in [-0.25, -0.2) is 8.78 Å². The fourth-order valence-electron chi connectivity index (χ4n) is 1.71. The first kappa shape index (κ1) is 13.3. The van der Waals surface area contributed by atoms with Gasteiger partial charge < -0.3 is 4.74 Å². The Kier molecular flexibility index (Phi) is 4.29. The molecule has 0 aliphatic carbocycles. The molecule has 0 atom stereocenters. The lowest BCUT2D eigenvalue weighted by molar-refractivity contribution is 0.340. The van der Waals surface area contributed by atoms with Gasteiger partial charge in [0.2, 0.25) is 0 Å². The lowest BCUT2D eigenvalue weighted by Crippen LogP contribution is -1.90. The number of halogens is 2. The maximum absolute atomic E-state index is 13.0. The smallest absolute Gasteiger partial charge is 0.126 e. The molecule has 0 unspecified atom stereocenters. The Morgan fingerprint density at radius 3 is 2.05 bits per heavy atom. The topological polar surface area (TPSA) is 9.23 Å². The summed E-state index contributed by atoms with van der Waals surface area (Å²) in [6.07, 6.45) is 3.46. The van der Waals surface area contributed by atoms with E-state index in [4.69, 9.17) is 4.74 Å². The first-order chi connectivity index (χ1) is 9.17. The van der Waals surface area contributed by atoms with E-state index in [1.54, 1.807) is 12.2 Å². The molecule has 19 heavy (non-hydrogen) atoms. The molecule has 0 N–H and O–H groups in total. The molecule has 2 aromatic rings. The fraction of sp³-hybridized carbons (Fsp3) is 0.125. The molecular formula is C16H14F2O. The minimum Gasteiger partial charge on any atom is -0.494 e. The van der Waals surface area contributed by atoms with Crippen molar-refractivity contribution in [2.24, 2.45) is 0 Å². The molecule has 3 heteroatoms. The summed E-state index contributed by atoms with van der Waals surface area (Å²) >= 11 is 0. The zero-order valence-corrected chi connectivity index (χ0v) is 10.6. The molecular weight excluding hydrogens is 246 g/mol. The van der Waals surface area contributed by atoms with E-state index in [1.165, 1.54) is 12.1 Å². The monoisotopic (exact) mass is 260 g/mol. The highest BCUT2D eigenvalue weighted by Gasteiger charge is 1.97. The van der Waals surface area contributed by atoms with Gasteiger partial charge in [-0.3, -0.25) is 0 Å². The molecule has 0 aliphatic heterocycles. The lowest BCUT2D eigenvalue weighted by atomic mass is 10.1. The van der Waals surface area contributed by atoms with E-state index >= 15 is 0 Å². The van der Waals surface area contributed by atoms with Crippen LogP contribution >= 0.6 is 0 Å². The predicted octanol–water partition coefficient (Wildman–Crippen LogP) is 4.53. The average Bonchev–Trinajstić information content (AvgIpc) is 2.37. The van der Waals surface area contributed by atoms with E-state index in [2.05, 4.69) is 0 Å². The van der Waals surface area contributed by atoms with E-state index in [-0.39, 0.29) is 0 Å². The van der Waals surface area contributed by atoms with Crippen molar-refractivity contribution in [1.82, 2.24) is 0 Å². The van der Waals surface area contributed by atoms with Crippen molar-refractivity contribution in [1.29, 1.82) is 0 Å². The van der Waals surface area contributed by atoms with E-state index in [0.717, 1.165) is 17.4 Å². The maximum atomic E-state index is 13.0. The summed E-state index contributed by atoms with van der Waals surface area (Å²) in [5.74, 6) is -0.353. The average molecular weight is 260 g/mol. The van der Waals surface area contributed by atoms with E-state index in [0.29, 0.717) is 12.2 Å². The van der Waals surface area contributed by atoms with Gasteiger partial charge >= 0.3 is 0 Å². The molecule has 2 aromatic carbocycles. The molecule has 98 valence electrons. The first-order valence-electron chi connectivity index (χ1n) is 6.04. The normalized spacial score (nSPS) is 10.9. The second kappa shape index (κ2) is 6.14. The summed E-state index contributed by atoms with van der Waals surface area (Å²) in [6.45, 7) is 2.55. The van der Waals surface area contributed by atoms with Gasteiger partial charge in [-0.2, -0.15) is 0 Å². The summed E-state index contributed by atoms with van der Waals surface area (Å²) in [5, 5.41) is 0. The molecule has 1 nitrogen and oxygen atoms in total. The largest absolute Gasteiger partial charge is 0.494 e. The van der Waals surface area contributed by atoms with Crippen LogP contribution in [0.1, 0.15) is 18.1 Å². The standard InChI is InChI=1S/C16H14F2O/c1-2-19-16-7-5-12(6-8-16)3-4-13-9-14(17)11-15(18)10-13/h3-11H,2H2,1H3. The molecule has 0 bridgehead atoms. The fourth-order valence-corrected chi connectivity index (χ4v) is 1.71. The number of ether oxygens (including phenoxy) is 1. The van der Waals surface area contributed by atoms with Gasteiger partial charge in [0.25, 0.3) is 0 Å². The Morgan fingerprint density at radius 1 is 0.895 bits per heavy atom. The highest BCUT2D eigenvalue weighted by Crippen LogP contribution is 2.15. The van der Waals surface area contributed by atoms with Crippen molar-refractivity contribution in [3.8, 4) is 5.75 Å². The molecule has 0 heterocycles. The number of benzene rings is 2. The molecule has 0 saturated carbocycles. The van der Waals surface area contributed by atoms with E-state index in [1.807, 2.05) is 31.2 Å². The van der Waals surface area contributed by atoms with E-state index in [9.17, 15) is 8.78 Å². The third-order valence-corrected chi connectivity index (χ3v) is 2.54. The summed E-state index contributed by atoms with van der Waals surface area (Å²) in [7, 11) is 0. The predicted molar refractivity (Wildman–Crippen MR) is 72.9 cm³/mol. The molecule has 0 aliphatic rings. The van der Waals surface area contributed by atoms with Crippen molar-refractivity contribution < 1.29 is 13.5 Å². The third kappa shape index (κ3) is 3.91. The quantitative estimate of drug-likeness (QED) is 0.734. The Morgan fingerprint density at radius 2 is 1.47 bits per heavy atom. The minimum absolute atomic E-state index is 0.492. The molecule has 0 radical (unpaired) electrons. The van der Waals surface area contributed by atoms with Crippen molar-refractivity contribution in [3.05, 3.63) is 65.2 Å². The Bertz CT molecular complexity index is 554. The SMILES string of the molecule is CCOc1ccc(C=Cc2cc(F)cc(F)c2)cc1. The highest BCUT2D eigenvalue weighted by molar-refractivity contribution is 5.69. The van der Waals surface area contributed by atoms with Crippen molar-refractivity contribution >= 4 is 12.2 Å². The van der Waals surface area contributed by atoms with Crippen LogP contribution in [-0.2, 0) is 0 Å². The molecule has 0 amide bonds. The van der Waals surface area contributed by atoms with Crippen LogP contribution in [0.3, 0.4) is 0 Å². The van der Waals surface area contributed by atoms with Crippen LogP contribution in [0.15, 0.2) is 42.5 Å². The third-order valence-electron chi connectivity index (χ3n) is 2.54. The zero-order valence-electron chi connectivity index (χ0n) is 10.6. The van der Waals surface area contributed by atoms with Crippen molar-refractivity contribution in [2.75, 3.05) is 6.61 Å². The molecule has 2 rings (SSSR count). The van der Waals surface area contributed by atoms with Gasteiger partial charge in [-0.15, -0.1) is 0 Å². The second-order valence-corrected chi connectivity index (χ2v) is 4.04. The Labute approximate surface area is 111 Å². The van der Waals surface area contributed by atoms with Gasteiger partial charge in [0, 0.05) is 6.07 Å². The van der Waals surface area contributed by atoms with Crippen molar-refractivity contribution in [3.63, 3.8) is 0 Å². The molecule has 0 aromatic heterocycles. The Hall–Kier alpha value is -2.16. The van der Waals surface area contributed by atoms with Crippen LogP contribution < -0.4 is 4.74 Å². The van der Waals surface area contributed by atoms with E-state index < -0.39 is 11.6 Å². The molecule has 0 fully saturated rings. The Balaban J connectivity index is 2.13. The van der Waals surface area contributed by atoms with Crippen LogP contribution in [0.5, 0.6) is 5.75 Å². The van der Waals surface area contributed by atoms with Gasteiger partial charge in [-0.05, 0) is 42.3 Å². The number of hydrogen-bond donors (Lipinski definition) is 0. The highest BCUT2D eigenvalue weighted by atomic mass is 19.1. The number of hydrogen-bond acceptors (Lipinski definition) is 1. The minimum atomic E-state index is -0.577. The summed E-state index contributed by atoms with van der Waals surface area (Å²) in [5.41, 5.74) is 1.43. The summed E-state index contributed by atoms with van der Waals surface area (Å²) in [4.78, 5) is 0. The van der Waals surface area contributed by atoms with Gasteiger partial charge in [0.15, 0.2) is 0 Å². The van der Waals surface area contributed by atoms with Gasteiger partial charge in [0.1, 0.15) is 17.4 Å².